The van der Waals surface area contributed by atoms with Crippen molar-refractivity contribution in [1.29, 1.82) is 0 Å². The fraction of sp³-hybridized carbons (Fsp3) is 0.970. The van der Waals surface area contributed by atoms with Crippen LogP contribution in [0, 0.1) is 5.92 Å². The van der Waals surface area contributed by atoms with Crippen LogP contribution >= 0.6 is 0 Å². The van der Waals surface area contributed by atoms with E-state index in [0.717, 1.165) is 24.6 Å². The summed E-state index contributed by atoms with van der Waals surface area (Å²) in [7, 11) is -8.35. The Labute approximate surface area is 267 Å². The third-order valence-electron chi connectivity index (χ3n) is 11.1. The van der Waals surface area contributed by atoms with Crippen molar-refractivity contribution in [1.82, 2.24) is 0 Å². The minimum atomic E-state index is -2.25. The van der Waals surface area contributed by atoms with Crippen LogP contribution in [0.2, 0.25) is 72.5 Å². The van der Waals surface area contributed by atoms with Gasteiger partial charge in [0.15, 0.2) is 39.1 Å². The van der Waals surface area contributed by atoms with E-state index < -0.39 is 39.4 Å². The van der Waals surface area contributed by atoms with Gasteiger partial charge in [-0.1, -0.05) is 90.0 Å². The van der Waals surface area contributed by atoms with Gasteiger partial charge in [-0.3, -0.25) is 4.79 Å². The highest BCUT2D eigenvalue weighted by Gasteiger charge is 2.48. The zero-order valence-electron chi connectivity index (χ0n) is 31.9. The Bertz CT molecular complexity index is 825. The molecule has 0 N–H and O–H groups in total. The van der Waals surface area contributed by atoms with Gasteiger partial charge < -0.3 is 17.7 Å². The zero-order valence-corrected chi connectivity index (χ0v) is 35.9. The van der Waals surface area contributed by atoms with Gasteiger partial charge in [-0.05, 0) is 91.8 Å². The van der Waals surface area contributed by atoms with Gasteiger partial charge >= 0.3 is 0 Å². The largest absolute Gasteiger partial charge is 0.414 e. The highest BCUT2D eigenvalue weighted by molar-refractivity contribution is 6.75. The van der Waals surface area contributed by atoms with Crippen molar-refractivity contribution in [2.45, 2.75) is 194 Å². The number of hydrogen-bond donors (Lipinski definition) is 0. The third-order valence-corrected chi connectivity index (χ3v) is 29.2. The molecule has 42 heavy (non-hydrogen) atoms. The lowest BCUT2D eigenvalue weighted by atomic mass is 9.92. The smallest absolute Gasteiger partial charge is 0.193 e. The molecule has 0 heterocycles. The summed E-state index contributed by atoms with van der Waals surface area (Å²) < 4.78 is 28.1. The molecule has 0 aromatic heterocycles. The maximum Gasteiger partial charge on any atom is 0.193 e. The average Bonchev–Trinajstić information content (AvgIpc) is 2.79. The molecule has 5 nitrogen and oxygen atoms in total. The van der Waals surface area contributed by atoms with Crippen LogP contribution in [-0.4, -0.2) is 64.0 Å². The number of carbonyl (C=O) groups excluding carboxylic acids is 1. The molecule has 9 heteroatoms. The lowest BCUT2D eigenvalue weighted by Gasteiger charge is -2.47. The molecule has 0 saturated heterocycles. The summed E-state index contributed by atoms with van der Waals surface area (Å²) in [5.41, 5.74) is 0. The molecule has 0 bridgehead atoms. The summed E-state index contributed by atoms with van der Waals surface area (Å²) in [5, 5.41) is 0.0907. The summed E-state index contributed by atoms with van der Waals surface area (Å²) in [6, 6.07) is 3.35. The first-order valence-corrected chi connectivity index (χ1v) is 28.0. The van der Waals surface area contributed by atoms with E-state index in [1.165, 1.54) is 0 Å². The van der Waals surface area contributed by atoms with E-state index in [2.05, 4.69) is 129 Å². The molecule has 0 rings (SSSR count). The van der Waals surface area contributed by atoms with Crippen LogP contribution in [0.25, 0.3) is 0 Å². The van der Waals surface area contributed by atoms with Crippen molar-refractivity contribution in [2.24, 2.45) is 5.92 Å². The first-order valence-electron chi connectivity index (χ1n) is 16.7. The minimum Gasteiger partial charge on any atom is -0.414 e. The molecule has 0 unspecified atom stereocenters. The number of carbonyl (C=O) groups is 1. The summed E-state index contributed by atoms with van der Waals surface area (Å²) in [5.74, 6) is 0.111. The van der Waals surface area contributed by atoms with Crippen LogP contribution in [0.5, 0.6) is 0 Å². The molecular weight excluding hydrogens is 589 g/mol. The fourth-order valence-electron chi connectivity index (χ4n) is 4.49. The van der Waals surface area contributed by atoms with E-state index in [1.54, 1.807) is 6.92 Å². The van der Waals surface area contributed by atoms with Crippen LogP contribution in [0.1, 0.15) is 103 Å². The monoisotopic (exact) mass is 662 g/mol. The Morgan fingerprint density at radius 1 is 0.643 bits per heavy atom. The summed E-state index contributed by atoms with van der Waals surface area (Å²) in [6.07, 6.45) is -0.213. The molecule has 0 spiro atoms. The summed E-state index contributed by atoms with van der Waals surface area (Å²) >= 11 is 0. The van der Waals surface area contributed by atoms with Gasteiger partial charge in [0.1, 0.15) is 6.10 Å². The van der Waals surface area contributed by atoms with Crippen LogP contribution in [0.3, 0.4) is 0 Å². The van der Waals surface area contributed by atoms with Crippen molar-refractivity contribution in [2.75, 3.05) is 6.61 Å². The maximum atomic E-state index is 13.4. The van der Waals surface area contributed by atoms with Crippen LogP contribution < -0.4 is 0 Å². The molecule has 0 amide bonds. The van der Waals surface area contributed by atoms with Crippen molar-refractivity contribution in [3.05, 3.63) is 0 Å². The average molecular weight is 663 g/mol. The molecule has 252 valence electrons. The Balaban J connectivity index is 6.76. The quantitative estimate of drug-likeness (QED) is 0.145. The van der Waals surface area contributed by atoms with Crippen LogP contribution in [0.15, 0.2) is 0 Å². The standard InChI is InChI=1S/C33H74O5Si4/c1-21-42(22-2,23-3)35-25-28(36-39(15,16)31(6,7)8)24-26(4)29(37-40(17,18)32(9,10)11)30(27(5)34)38-41(19,20)33(12,13)14/h26,28-30H,21-25H2,1-20H3/t26-,28-,29+,30+/m1/s1. The van der Waals surface area contributed by atoms with Gasteiger partial charge in [-0.15, -0.1) is 0 Å². The van der Waals surface area contributed by atoms with Crippen molar-refractivity contribution < 1.29 is 22.5 Å². The predicted octanol–water partition coefficient (Wildman–Crippen LogP) is 10.8. The molecule has 0 saturated carbocycles. The Kier molecular flexibility index (Phi) is 15.4. The van der Waals surface area contributed by atoms with E-state index in [1.807, 2.05) is 0 Å². The third kappa shape index (κ3) is 11.6. The van der Waals surface area contributed by atoms with Gasteiger partial charge in [0, 0.05) is 0 Å². The first-order chi connectivity index (χ1) is 18.5. The van der Waals surface area contributed by atoms with E-state index in [4.69, 9.17) is 17.7 Å². The maximum absolute atomic E-state index is 13.4. The van der Waals surface area contributed by atoms with Gasteiger partial charge in [-0.25, -0.2) is 0 Å². The van der Waals surface area contributed by atoms with Gasteiger partial charge in [0.25, 0.3) is 0 Å². The minimum absolute atomic E-state index is 0.0119. The van der Waals surface area contributed by atoms with E-state index in [-0.39, 0.29) is 39.0 Å². The second-order valence-corrected chi connectivity index (χ2v) is 36.6. The highest BCUT2D eigenvalue weighted by atomic mass is 28.4. The molecule has 0 radical (unpaired) electrons. The van der Waals surface area contributed by atoms with E-state index in [0.29, 0.717) is 6.61 Å². The van der Waals surface area contributed by atoms with Crippen LogP contribution in [0.4, 0.5) is 0 Å². The SMILES string of the molecule is CC[Si](CC)(CC)OC[C@@H](C[C@@H](C)[C@H](O[Si](C)(C)C(C)(C)C)[C@@H](O[Si](C)(C)C(C)(C)C)C(C)=O)O[Si](C)(C)C(C)(C)C. The Morgan fingerprint density at radius 3 is 1.33 bits per heavy atom. The number of ketones is 1. The molecule has 0 aromatic carbocycles. The number of hydrogen-bond acceptors (Lipinski definition) is 5. The van der Waals surface area contributed by atoms with Crippen molar-refractivity contribution >= 4 is 39.1 Å². The number of rotatable bonds is 17. The normalized spacial score (nSPS) is 17.6. The van der Waals surface area contributed by atoms with Gasteiger partial charge in [0.05, 0.1) is 18.8 Å². The Hall–Kier alpha value is 0.378. The molecule has 4 atom stereocenters. The molecular formula is C33H74O5Si4. The molecule has 0 aliphatic heterocycles. The second kappa shape index (κ2) is 15.3. The fourth-order valence-corrected chi connectivity index (χ4v) is 11.2. The predicted molar refractivity (Wildman–Crippen MR) is 194 cm³/mol. The van der Waals surface area contributed by atoms with E-state index >= 15 is 0 Å². The van der Waals surface area contributed by atoms with Crippen molar-refractivity contribution in [3.8, 4) is 0 Å². The van der Waals surface area contributed by atoms with Crippen molar-refractivity contribution in [3.63, 3.8) is 0 Å². The van der Waals surface area contributed by atoms with Crippen LogP contribution in [-0.2, 0) is 22.5 Å². The molecule has 0 aliphatic carbocycles. The lowest BCUT2D eigenvalue weighted by molar-refractivity contribution is -0.131. The molecule has 0 aromatic rings. The second-order valence-electron chi connectivity index (χ2n) is 17.5. The zero-order chi connectivity index (χ0) is 33.8. The highest BCUT2D eigenvalue weighted by Crippen LogP contribution is 2.43. The van der Waals surface area contributed by atoms with Gasteiger partial charge in [0.2, 0.25) is 0 Å². The Morgan fingerprint density at radius 2 is 1.00 bits per heavy atom. The van der Waals surface area contributed by atoms with E-state index in [9.17, 15) is 4.79 Å². The van der Waals surface area contributed by atoms with Gasteiger partial charge in [-0.2, -0.15) is 0 Å². The molecule has 0 fully saturated rings. The topological polar surface area (TPSA) is 54.0 Å². The molecule has 0 aliphatic rings. The summed E-state index contributed by atoms with van der Waals surface area (Å²) in [4.78, 5) is 13.4. The lowest BCUT2D eigenvalue weighted by Crippen LogP contribution is -2.56. The first kappa shape index (κ1) is 42.4. The number of Topliss-reactive ketones (excluding diaryl/α,β-unsaturated/α-hetero) is 1. The summed E-state index contributed by atoms with van der Waals surface area (Å²) in [6.45, 7) is 45.5.